The molecule has 21 heavy (non-hydrogen) atoms. The minimum atomic E-state index is -0.335. The van der Waals surface area contributed by atoms with Gasteiger partial charge in [-0.2, -0.15) is 0 Å². The molecule has 1 aromatic carbocycles. The van der Waals surface area contributed by atoms with Crippen LogP contribution in [0.25, 0.3) is 0 Å². The summed E-state index contributed by atoms with van der Waals surface area (Å²) in [7, 11) is 1.48. The van der Waals surface area contributed by atoms with Gasteiger partial charge in [0.2, 0.25) is 11.8 Å². The lowest BCUT2D eigenvalue weighted by Gasteiger charge is -2.34. The van der Waals surface area contributed by atoms with Gasteiger partial charge in [-0.05, 0) is 17.5 Å². The van der Waals surface area contributed by atoms with Crippen LogP contribution >= 0.6 is 0 Å². The standard InChI is InChI=1S/C16H19NO4/c1-16(2)8-14(19)17(15(20)9-16)10-12(18)11-6-4-5-7-13(11)21-3/h4-7H,8-10H2,1-3H3. The zero-order valence-corrected chi connectivity index (χ0v) is 12.5. The molecule has 2 rings (SSSR count). The number of nitrogens with zero attached hydrogens (tertiary/aromatic N) is 1. The van der Waals surface area contributed by atoms with Crippen LogP contribution in [0.3, 0.4) is 0 Å². The van der Waals surface area contributed by atoms with Crippen molar-refractivity contribution in [3.05, 3.63) is 29.8 Å². The van der Waals surface area contributed by atoms with Crippen LogP contribution in [0.4, 0.5) is 0 Å². The zero-order valence-electron chi connectivity index (χ0n) is 12.5. The molecule has 0 radical (unpaired) electrons. The van der Waals surface area contributed by atoms with E-state index in [1.165, 1.54) is 7.11 Å². The van der Waals surface area contributed by atoms with Crippen LogP contribution in [-0.4, -0.2) is 36.2 Å². The second-order valence-corrected chi connectivity index (χ2v) is 6.01. The topological polar surface area (TPSA) is 63.7 Å². The van der Waals surface area contributed by atoms with E-state index in [-0.39, 0.29) is 42.4 Å². The first-order valence-electron chi connectivity index (χ1n) is 6.83. The number of Topliss-reactive ketones (excluding diaryl/α,β-unsaturated/α-hetero) is 1. The minimum absolute atomic E-state index is 0.228. The van der Waals surface area contributed by atoms with E-state index in [0.717, 1.165) is 4.90 Å². The number of amides is 2. The first kappa shape index (κ1) is 15.2. The maximum atomic E-state index is 12.3. The summed E-state index contributed by atoms with van der Waals surface area (Å²) in [6.07, 6.45) is 0.551. The van der Waals surface area contributed by atoms with Gasteiger partial charge in [-0.3, -0.25) is 19.3 Å². The van der Waals surface area contributed by atoms with Crippen LogP contribution in [0, 0.1) is 5.41 Å². The van der Waals surface area contributed by atoms with Gasteiger partial charge < -0.3 is 4.74 Å². The average Bonchev–Trinajstić information content (AvgIpc) is 2.41. The van der Waals surface area contributed by atoms with Crippen molar-refractivity contribution in [2.75, 3.05) is 13.7 Å². The Morgan fingerprint density at radius 3 is 2.33 bits per heavy atom. The SMILES string of the molecule is COc1ccccc1C(=O)CN1C(=O)CC(C)(C)CC1=O. The molecule has 0 saturated carbocycles. The third-order valence-electron chi connectivity index (χ3n) is 3.57. The molecule has 5 heteroatoms. The molecule has 1 heterocycles. The monoisotopic (exact) mass is 289 g/mol. The fourth-order valence-electron chi connectivity index (χ4n) is 2.49. The van der Waals surface area contributed by atoms with E-state index in [1.54, 1.807) is 24.3 Å². The largest absolute Gasteiger partial charge is 0.496 e. The Balaban J connectivity index is 2.16. The Bertz CT molecular complexity index is 572. The van der Waals surface area contributed by atoms with E-state index in [9.17, 15) is 14.4 Å². The molecule has 1 aliphatic rings. The lowest BCUT2D eigenvalue weighted by molar-refractivity contribution is -0.151. The summed E-state index contributed by atoms with van der Waals surface area (Å²) >= 11 is 0. The molecular formula is C16H19NO4. The van der Waals surface area contributed by atoms with Crippen LogP contribution in [-0.2, 0) is 9.59 Å². The Morgan fingerprint density at radius 1 is 1.19 bits per heavy atom. The smallest absolute Gasteiger partial charge is 0.230 e. The summed E-state index contributed by atoms with van der Waals surface area (Å²) in [5.74, 6) is -0.437. The molecule has 112 valence electrons. The zero-order chi connectivity index (χ0) is 15.6. The maximum Gasteiger partial charge on any atom is 0.230 e. The van der Waals surface area contributed by atoms with Crippen LogP contribution in [0.2, 0.25) is 0 Å². The second-order valence-electron chi connectivity index (χ2n) is 6.01. The van der Waals surface area contributed by atoms with Crippen molar-refractivity contribution >= 4 is 17.6 Å². The third-order valence-corrected chi connectivity index (χ3v) is 3.57. The number of rotatable bonds is 4. The van der Waals surface area contributed by atoms with E-state index in [1.807, 2.05) is 13.8 Å². The molecule has 1 aromatic rings. The van der Waals surface area contributed by atoms with Crippen molar-refractivity contribution in [1.82, 2.24) is 4.90 Å². The summed E-state index contributed by atoms with van der Waals surface area (Å²) in [6, 6.07) is 6.79. The molecule has 1 fully saturated rings. The number of likely N-dealkylation sites (tertiary alicyclic amines) is 1. The molecule has 0 spiro atoms. The fourth-order valence-corrected chi connectivity index (χ4v) is 2.49. The van der Waals surface area contributed by atoms with Crippen molar-refractivity contribution in [2.24, 2.45) is 5.41 Å². The highest BCUT2D eigenvalue weighted by molar-refractivity contribution is 6.07. The van der Waals surface area contributed by atoms with Gasteiger partial charge in [0, 0.05) is 12.8 Å². The molecule has 0 aromatic heterocycles. The van der Waals surface area contributed by atoms with Crippen molar-refractivity contribution < 1.29 is 19.1 Å². The number of hydrogen-bond acceptors (Lipinski definition) is 4. The van der Waals surface area contributed by atoms with Gasteiger partial charge in [0.05, 0.1) is 19.2 Å². The number of ketones is 1. The van der Waals surface area contributed by atoms with E-state index in [4.69, 9.17) is 4.74 Å². The van der Waals surface area contributed by atoms with Gasteiger partial charge in [0.1, 0.15) is 5.75 Å². The summed E-state index contributed by atoms with van der Waals surface area (Å²) in [6.45, 7) is 3.53. The number of benzene rings is 1. The number of carbonyl (C=O) groups is 3. The second kappa shape index (κ2) is 5.68. The molecule has 1 saturated heterocycles. The van der Waals surface area contributed by atoms with E-state index in [0.29, 0.717) is 11.3 Å². The summed E-state index contributed by atoms with van der Waals surface area (Å²) in [4.78, 5) is 37.5. The highest BCUT2D eigenvalue weighted by Gasteiger charge is 2.38. The molecule has 0 N–H and O–H groups in total. The van der Waals surface area contributed by atoms with Gasteiger partial charge in [-0.15, -0.1) is 0 Å². The van der Waals surface area contributed by atoms with Crippen molar-refractivity contribution in [2.45, 2.75) is 26.7 Å². The summed E-state index contributed by atoms with van der Waals surface area (Å²) < 4.78 is 5.13. The van der Waals surface area contributed by atoms with Crippen molar-refractivity contribution in [3.8, 4) is 5.75 Å². The normalized spacial score (nSPS) is 17.8. The van der Waals surface area contributed by atoms with Crippen LogP contribution < -0.4 is 4.74 Å². The highest BCUT2D eigenvalue weighted by Crippen LogP contribution is 2.31. The Hall–Kier alpha value is -2.17. The van der Waals surface area contributed by atoms with E-state index < -0.39 is 0 Å². The van der Waals surface area contributed by atoms with Crippen molar-refractivity contribution in [1.29, 1.82) is 0 Å². The number of para-hydroxylation sites is 1. The number of imide groups is 1. The Labute approximate surface area is 123 Å². The van der Waals surface area contributed by atoms with Crippen LogP contribution in [0.15, 0.2) is 24.3 Å². The molecule has 0 unspecified atom stereocenters. The number of piperidine rings is 1. The predicted octanol–water partition coefficient (Wildman–Crippen LogP) is 2.05. The van der Waals surface area contributed by atoms with E-state index in [2.05, 4.69) is 0 Å². The number of methoxy groups -OCH3 is 1. The third kappa shape index (κ3) is 3.29. The summed E-state index contributed by atoms with van der Waals surface area (Å²) in [5, 5.41) is 0. The van der Waals surface area contributed by atoms with Gasteiger partial charge >= 0.3 is 0 Å². The number of carbonyl (C=O) groups excluding carboxylic acids is 3. The number of hydrogen-bond donors (Lipinski definition) is 0. The maximum absolute atomic E-state index is 12.3. The lowest BCUT2D eigenvalue weighted by atomic mass is 9.81. The molecular weight excluding hydrogens is 270 g/mol. The quantitative estimate of drug-likeness (QED) is 0.628. The van der Waals surface area contributed by atoms with Gasteiger partial charge in [0.15, 0.2) is 5.78 Å². The first-order valence-corrected chi connectivity index (χ1v) is 6.83. The van der Waals surface area contributed by atoms with Gasteiger partial charge in [-0.25, -0.2) is 0 Å². The molecule has 5 nitrogen and oxygen atoms in total. The molecule has 0 bridgehead atoms. The molecule has 0 atom stereocenters. The summed E-state index contributed by atoms with van der Waals surface area (Å²) in [5.41, 5.74) is 0.0449. The predicted molar refractivity (Wildman–Crippen MR) is 77.1 cm³/mol. The van der Waals surface area contributed by atoms with Crippen LogP contribution in [0.5, 0.6) is 5.75 Å². The fraction of sp³-hybridized carbons (Fsp3) is 0.438. The minimum Gasteiger partial charge on any atom is -0.496 e. The average molecular weight is 289 g/mol. The van der Waals surface area contributed by atoms with Crippen molar-refractivity contribution in [3.63, 3.8) is 0 Å². The first-order chi connectivity index (χ1) is 9.84. The van der Waals surface area contributed by atoms with E-state index >= 15 is 0 Å². The Morgan fingerprint density at radius 2 is 1.76 bits per heavy atom. The molecule has 2 amide bonds. The lowest BCUT2D eigenvalue weighted by Crippen LogP contribution is -2.48. The highest BCUT2D eigenvalue weighted by atomic mass is 16.5. The Kier molecular flexibility index (Phi) is 4.11. The molecule has 0 aliphatic carbocycles. The van der Waals surface area contributed by atoms with Crippen LogP contribution in [0.1, 0.15) is 37.0 Å². The molecule has 1 aliphatic heterocycles. The van der Waals surface area contributed by atoms with Gasteiger partial charge in [-0.1, -0.05) is 26.0 Å². The van der Waals surface area contributed by atoms with Gasteiger partial charge in [0.25, 0.3) is 0 Å². The number of ether oxygens (including phenoxy) is 1.